The molecule has 1 aliphatic heterocycles. The van der Waals surface area contributed by atoms with E-state index < -0.39 is 9.84 Å². The molecular formula is C9H15Cl2NO3S2. The van der Waals surface area contributed by atoms with Crippen molar-refractivity contribution in [3.63, 3.8) is 0 Å². The van der Waals surface area contributed by atoms with Gasteiger partial charge in [-0.15, -0.1) is 23.2 Å². The van der Waals surface area contributed by atoms with Gasteiger partial charge in [0.05, 0.1) is 23.3 Å². The molecule has 0 aliphatic carbocycles. The largest absolute Gasteiger partial charge is 0.465 e. The van der Waals surface area contributed by atoms with E-state index in [-0.39, 0.29) is 40.5 Å². The van der Waals surface area contributed by atoms with Gasteiger partial charge in [0, 0.05) is 6.54 Å². The van der Waals surface area contributed by atoms with Crippen molar-refractivity contribution in [2.45, 2.75) is 12.5 Å². The molecule has 0 aromatic carbocycles. The standard InChI is InChI=1S/C9H15Cl2NO3S2/c10-3-8(4-11)15-9(16)12-5-7-1-2-17(13,14)6-7/h7-8H,1-6H2,(H,12,16)/t7-/m1/s1. The summed E-state index contributed by atoms with van der Waals surface area (Å²) < 4.78 is 27.7. The molecule has 100 valence electrons. The Hall–Kier alpha value is 0.220. The number of nitrogens with one attached hydrogen (secondary N) is 1. The predicted octanol–water partition coefficient (Wildman–Crippen LogP) is 1.16. The average Bonchev–Trinajstić information content (AvgIpc) is 2.63. The highest BCUT2D eigenvalue weighted by Crippen LogP contribution is 2.17. The second-order valence-electron chi connectivity index (χ2n) is 3.99. The van der Waals surface area contributed by atoms with Crippen molar-refractivity contribution in [2.75, 3.05) is 29.8 Å². The Morgan fingerprint density at radius 3 is 2.59 bits per heavy atom. The minimum Gasteiger partial charge on any atom is -0.465 e. The minimum atomic E-state index is -2.84. The molecule has 0 spiro atoms. The first-order valence-electron chi connectivity index (χ1n) is 5.23. The number of halogens is 2. The summed E-state index contributed by atoms with van der Waals surface area (Å²) in [6.07, 6.45) is 0.359. The quantitative estimate of drug-likeness (QED) is 0.608. The Labute approximate surface area is 117 Å². The number of ether oxygens (including phenoxy) is 1. The van der Waals surface area contributed by atoms with Gasteiger partial charge < -0.3 is 10.1 Å². The number of hydrogen-bond acceptors (Lipinski definition) is 4. The molecule has 0 radical (unpaired) electrons. The van der Waals surface area contributed by atoms with Crippen LogP contribution in [-0.4, -0.2) is 49.5 Å². The van der Waals surface area contributed by atoms with Gasteiger partial charge in [-0.05, 0) is 24.6 Å². The molecule has 1 aliphatic rings. The third kappa shape index (κ3) is 5.59. The van der Waals surface area contributed by atoms with Gasteiger partial charge >= 0.3 is 0 Å². The van der Waals surface area contributed by atoms with E-state index in [2.05, 4.69) is 5.32 Å². The maximum absolute atomic E-state index is 11.2. The second kappa shape index (κ2) is 6.97. The van der Waals surface area contributed by atoms with Crippen LogP contribution in [0, 0.1) is 5.92 Å². The van der Waals surface area contributed by atoms with Crippen molar-refractivity contribution in [2.24, 2.45) is 5.92 Å². The van der Waals surface area contributed by atoms with E-state index in [0.29, 0.717) is 13.0 Å². The minimum absolute atomic E-state index is 0.104. The van der Waals surface area contributed by atoms with Gasteiger partial charge in [0.15, 0.2) is 9.84 Å². The van der Waals surface area contributed by atoms with Gasteiger partial charge in [-0.1, -0.05) is 0 Å². The highest BCUT2D eigenvalue weighted by molar-refractivity contribution is 7.91. The summed E-state index contributed by atoms with van der Waals surface area (Å²) in [6, 6.07) is 0. The van der Waals surface area contributed by atoms with Gasteiger partial charge in [0.2, 0.25) is 0 Å². The summed E-state index contributed by atoms with van der Waals surface area (Å²) >= 11 is 16.2. The first kappa shape index (κ1) is 15.3. The molecule has 1 atom stereocenters. The van der Waals surface area contributed by atoms with E-state index >= 15 is 0 Å². The molecule has 0 saturated carbocycles. The van der Waals surface area contributed by atoms with Crippen molar-refractivity contribution in [1.82, 2.24) is 5.32 Å². The van der Waals surface area contributed by atoms with E-state index in [0.717, 1.165) is 0 Å². The van der Waals surface area contributed by atoms with E-state index in [1.165, 1.54) is 0 Å². The second-order valence-corrected chi connectivity index (χ2v) is 7.20. The fourth-order valence-corrected chi connectivity index (χ4v) is 4.10. The Morgan fingerprint density at radius 1 is 1.47 bits per heavy atom. The third-order valence-corrected chi connectivity index (χ3v) is 5.25. The molecule has 0 unspecified atom stereocenters. The molecule has 1 rings (SSSR count). The van der Waals surface area contributed by atoms with Crippen LogP contribution >= 0.6 is 35.4 Å². The third-order valence-electron chi connectivity index (χ3n) is 2.48. The summed E-state index contributed by atoms with van der Waals surface area (Å²) in [5, 5.41) is 3.11. The maximum Gasteiger partial charge on any atom is 0.256 e. The van der Waals surface area contributed by atoms with E-state index in [9.17, 15) is 8.42 Å². The van der Waals surface area contributed by atoms with Gasteiger partial charge in [0.1, 0.15) is 6.10 Å². The first-order chi connectivity index (χ1) is 7.96. The SMILES string of the molecule is O=S1(=O)CC[C@H](CNC(=S)OC(CCl)CCl)C1. The van der Waals surface area contributed by atoms with Gasteiger partial charge in [-0.2, -0.15) is 0 Å². The van der Waals surface area contributed by atoms with Crippen LogP contribution in [0.4, 0.5) is 0 Å². The molecule has 8 heteroatoms. The van der Waals surface area contributed by atoms with E-state index in [1.54, 1.807) is 0 Å². The molecule has 4 nitrogen and oxygen atoms in total. The topological polar surface area (TPSA) is 55.4 Å². The van der Waals surface area contributed by atoms with Crippen molar-refractivity contribution >= 4 is 50.4 Å². The van der Waals surface area contributed by atoms with Crippen LogP contribution in [0.1, 0.15) is 6.42 Å². The summed E-state index contributed by atoms with van der Waals surface area (Å²) in [4.78, 5) is 0. The summed E-state index contributed by atoms with van der Waals surface area (Å²) in [7, 11) is -2.84. The van der Waals surface area contributed by atoms with Crippen molar-refractivity contribution < 1.29 is 13.2 Å². The first-order valence-corrected chi connectivity index (χ1v) is 8.53. The summed E-state index contributed by atoms with van der Waals surface area (Å²) in [5.41, 5.74) is 0. The monoisotopic (exact) mass is 319 g/mol. The predicted molar refractivity (Wildman–Crippen MR) is 73.7 cm³/mol. The number of hydrogen-bond donors (Lipinski definition) is 1. The lowest BCUT2D eigenvalue weighted by Crippen LogP contribution is -2.34. The van der Waals surface area contributed by atoms with Crippen molar-refractivity contribution in [1.29, 1.82) is 0 Å². The Kier molecular flexibility index (Phi) is 6.26. The molecule has 0 amide bonds. The molecule has 1 N–H and O–H groups in total. The van der Waals surface area contributed by atoms with E-state index in [4.69, 9.17) is 40.2 Å². The normalized spacial score (nSPS) is 22.6. The zero-order valence-corrected chi connectivity index (χ0v) is 12.3. The van der Waals surface area contributed by atoms with Crippen LogP contribution in [0.3, 0.4) is 0 Å². The molecule has 0 bridgehead atoms. The Bertz CT molecular complexity index is 357. The van der Waals surface area contributed by atoms with Crippen LogP contribution in [0.15, 0.2) is 0 Å². The zero-order valence-electron chi connectivity index (χ0n) is 9.19. The molecule has 1 fully saturated rings. The van der Waals surface area contributed by atoms with Crippen LogP contribution in [0.2, 0.25) is 0 Å². The fraction of sp³-hybridized carbons (Fsp3) is 0.889. The number of alkyl halides is 2. The summed E-state index contributed by atoms with van der Waals surface area (Å²) in [5.74, 6) is 1.12. The molecule has 1 heterocycles. The van der Waals surface area contributed by atoms with Crippen molar-refractivity contribution in [3.05, 3.63) is 0 Å². The highest BCUT2D eigenvalue weighted by Gasteiger charge is 2.27. The lowest BCUT2D eigenvalue weighted by Gasteiger charge is -2.16. The molecule has 1 saturated heterocycles. The molecule has 0 aromatic rings. The van der Waals surface area contributed by atoms with Crippen LogP contribution in [-0.2, 0) is 14.6 Å². The van der Waals surface area contributed by atoms with Gasteiger partial charge in [-0.25, -0.2) is 8.42 Å². The van der Waals surface area contributed by atoms with E-state index in [1.807, 2.05) is 0 Å². The Balaban J connectivity index is 2.25. The number of sulfone groups is 1. The lowest BCUT2D eigenvalue weighted by atomic mass is 10.1. The molecular weight excluding hydrogens is 305 g/mol. The molecule has 0 aromatic heterocycles. The zero-order chi connectivity index (χ0) is 12.9. The van der Waals surface area contributed by atoms with Crippen LogP contribution in [0.5, 0.6) is 0 Å². The van der Waals surface area contributed by atoms with Crippen LogP contribution in [0.25, 0.3) is 0 Å². The fourth-order valence-electron chi connectivity index (χ4n) is 1.56. The molecule has 17 heavy (non-hydrogen) atoms. The van der Waals surface area contributed by atoms with Gasteiger partial charge in [0.25, 0.3) is 5.17 Å². The summed E-state index contributed by atoms with van der Waals surface area (Å²) in [6.45, 7) is 0.509. The average molecular weight is 320 g/mol. The number of rotatable bonds is 5. The van der Waals surface area contributed by atoms with Gasteiger partial charge in [-0.3, -0.25) is 0 Å². The van der Waals surface area contributed by atoms with Crippen molar-refractivity contribution in [3.8, 4) is 0 Å². The Morgan fingerprint density at radius 2 is 2.12 bits per heavy atom. The highest BCUT2D eigenvalue weighted by atomic mass is 35.5. The van der Waals surface area contributed by atoms with Crippen LogP contribution < -0.4 is 5.32 Å². The number of thiocarbonyl (C=S) groups is 1. The smallest absolute Gasteiger partial charge is 0.256 e. The maximum atomic E-state index is 11.2. The lowest BCUT2D eigenvalue weighted by molar-refractivity contribution is 0.229.